The molecule has 0 radical (unpaired) electrons. The van der Waals surface area contributed by atoms with Crippen LogP contribution in [0.15, 0.2) is 21.1 Å². The number of carboxylic acids is 1. The van der Waals surface area contributed by atoms with Crippen molar-refractivity contribution in [3.8, 4) is 11.3 Å². The number of aromatic nitrogens is 2. The van der Waals surface area contributed by atoms with Crippen LogP contribution in [0.4, 0.5) is 0 Å². The lowest BCUT2D eigenvalue weighted by Gasteiger charge is -2.07. The van der Waals surface area contributed by atoms with Crippen molar-refractivity contribution >= 4 is 23.0 Å². The number of rotatable bonds is 6. The zero-order valence-corrected chi connectivity index (χ0v) is 14.8. The number of aryl methyl sites for hydroxylation is 3. The molecule has 136 valence electrons. The first-order valence-corrected chi connectivity index (χ1v) is 8.21. The van der Waals surface area contributed by atoms with Gasteiger partial charge in [-0.15, -0.1) is 0 Å². The van der Waals surface area contributed by atoms with E-state index >= 15 is 0 Å². The molecule has 3 aromatic heterocycles. The van der Waals surface area contributed by atoms with Crippen LogP contribution in [0.5, 0.6) is 0 Å². The Bertz CT molecular complexity index is 986. The molecule has 8 heteroatoms. The summed E-state index contributed by atoms with van der Waals surface area (Å²) >= 11 is 0. The summed E-state index contributed by atoms with van der Waals surface area (Å²) in [5, 5.41) is 15.9. The van der Waals surface area contributed by atoms with Crippen LogP contribution >= 0.6 is 0 Å². The largest absolute Gasteiger partial charge is 0.481 e. The van der Waals surface area contributed by atoms with Gasteiger partial charge in [-0.05, 0) is 39.3 Å². The third-order valence-corrected chi connectivity index (χ3v) is 4.03. The van der Waals surface area contributed by atoms with E-state index in [2.05, 4.69) is 15.5 Å². The van der Waals surface area contributed by atoms with Gasteiger partial charge in [0.1, 0.15) is 11.5 Å². The Labute approximate surface area is 149 Å². The molecule has 0 fully saturated rings. The van der Waals surface area contributed by atoms with Gasteiger partial charge in [0.05, 0.1) is 22.3 Å². The summed E-state index contributed by atoms with van der Waals surface area (Å²) in [5.41, 5.74) is 2.55. The summed E-state index contributed by atoms with van der Waals surface area (Å²) in [6.45, 7) is 5.66. The Morgan fingerprint density at radius 1 is 1.23 bits per heavy atom. The van der Waals surface area contributed by atoms with Crippen LogP contribution in [-0.4, -0.2) is 33.7 Å². The van der Waals surface area contributed by atoms with Crippen molar-refractivity contribution in [1.29, 1.82) is 0 Å². The molecule has 2 N–H and O–H groups in total. The van der Waals surface area contributed by atoms with Gasteiger partial charge in [-0.25, -0.2) is 4.98 Å². The summed E-state index contributed by atoms with van der Waals surface area (Å²) in [6.07, 6.45) is 0.349. The maximum atomic E-state index is 12.6. The van der Waals surface area contributed by atoms with Crippen LogP contribution in [0, 0.1) is 20.8 Å². The molecule has 3 heterocycles. The molecule has 1 amide bonds. The third-order valence-electron chi connectivity index (χ3n) is 4.03. The molecule has 3 rings (SSSR count). The SMILES string of the molecule is Cc1cc(-c2cc(C(=O)NCCCC(=O)O)c3c(C)noc3n2)c(C)o1. The Morgan fingerprint density at radius 2 is 2.00 bits per heavy atom. The number of furan rings is 1. The second-order valence-electron chi connectivity index (χ2n) is 6.08. The number of carbonyl (C=O) groups is 2. The second-order valence-corrected chi connectivity index (χ2v) is 6.08. The van der Waals surface area contributed by atoms with Gasteiger partial charge in [-0.1, -0.05) is 5.16 Å². The fourth-order valence-electron chi connectivity index (χ4n) is 2.83. The average molecular weight is 357 g/mol. The fraction of sp³-hybridized carbons (Fsp3) is 0.333. The first kappa shape index (κ1) is 17.7. The van der Waals surface area contributed by atoms with E-state index in [0.717, 1.165) is 11.3 Å². The van der Waals surface area contributed by atoms with Crippen molar-refractivity contribution in [2.75, 3.05) is 6.54 Å². The number of fused-ring (bicyclic) bond motifs is 1. The van der Waals surface area contributed by atoms with E-state index in [0.29, 0.717) is 34.5 Å². The van der Waals surface area contributed by atoms with Gasteiger partial charge in [-0.3, -0.25) is 9.59 Å². The average Bonchev–Trinajstić information content (AvgIpc) is 3.12. The normalized spacial score (nSPS) is 11.0. The number of amides is 1. The van der Waals surface area contributed by atoms with E-state index in [1.165, 1.54) is 0 Å². The highest BCUT2D eigenvalue weighted by Gasteiger charge is 2.20. The van der Waals surface area contributed by atoms with Crippen molar-refractivity contribution in [3.63, 3.8) is 0 Å². The zero-order valence-electron chi connectivity index (χ0n) is 14.8. The van der Waals surface area contributed by atoms with Gasteiger partial charge in [-0.2, -0.15) is 0 Å². The molecule has 0 bridgehead atoms. The molecule has 0 unspecified atom stereocenters. The maximum Gasteiger partial charge on any atom is 0.303 e. The molecule has 0 saturated carbocycles. The molecule has 26 heavy (non-hydrogen) atoms. The lowest BCUT2D eigenvalue weighted by atomic mass is 10.1. The van der Waals surface area contributed by atoms with Crippen LogP contribution in [0.1, 0.15) is 40.4 Å². The number of carbonyl (C=O) groups excluding carboxylic acids is 1. The highest BCUT2D eigenvalue weighted by atomic mass is 16.5. The van der Waals surface area contributed by atoms with Crippen LogP contribution in [0.3, 0.4) is 0 Å². The summed E-state index contributed by atoms with van der Waals surface area (Å²) in [4.78, 5) is 27.7. The lowest BCUT2D eigenvalue weighted by molar-refractivity contribution is -0.137. The van der Waals surface area contributed by atoms with Crippen molar-refractivity contribution in [2.24, 2.45) is 0 Å². The van der Waals surface area contributed by atoms with Crippen molar-refractivity contribution < 1.29 is 23.6 Å². The minimum Gasteiger partial charge on any atom is -0.481 e. The second kappa shape index (κ2) is 6.99. The highest BCUT2D eigenvalue weighted by Crippen LogP contribution is 2.30. The number of nitrogens with one attached hydrogen (secondary N) is 1. The quantitative estimate of drug-likeness (QED) is 0.651. The van der Waals surface area contributed by atoms with Crippen LogP contribution in [0.25, 0.3) is 22.4 Å². The summed E-state index contributed by atoms with van der Waals surface area (Å²) < 4.78 is 10.8. The number of pyridine rings is 1. The van der Waals surface area contributed by atoms with Gasteiger partial charge in [0.2, 0.25) is 0 Å². The van der Waals surface area contributed by atoms with E-state index < -0.39 is 5.97 Å². The first-order chi connectivity index (χ1) is 12.4. The summed E-state index contributed by atoms with van der Waals surface area (Å²) in [7, 11) is 0. The Balaban J connectivity index is 1.97. The molecule has 0 atom stereocenters. The number of aliphatic carboxylic acids is 1. The van der Waals surface area contributed by atoms with Crippen LogP contribution in [0.2, 0.25) is 0 Å². The number of nitrogens with zero attached hydrogens (tertiary/aromatic N) is 2. The highest BCUT2D eigenvalue weighted by molar-refractivity contribution is 6.07. The maximum absolute atomic E-state index is 12.6. The van der Waals surface area contributed by atoms with Gasteiger partial charge in [0.15, 0.2) is 0 Å². The zero-order chi connectivity index (χ0) is 18.8. The Hall–Kier alpha value is -3.16. The molecule has 3 aromatic rings. The Kier molecular flexibility index (Phi) is 4.75. The van der Waals surface area contributed by atoms with Crippen molar-refractivity contribution in [1.82, 2.24) is 15.5 Å². The van der Waals surface area contributed by atoms with Gasteiger partial charge in [0, 0.05) is 18.5 Å². The van der Waals surface area contributed by atoms with E-state index in [1.807, 2.05) is 19.9 Å². The predicted molar refractivity (Wildman–Crippen MR) is 92.9 cm³/mol. The first-order valence-electron chi connectivity index (χ1n) is 8.21. The molecule has 0 saturated heterocycles. The molecule has 0 aliphatic carbocycles. The fourth-order valence-corrected chi connectivity index (χ4v) is 2.83. The topological polar surface area (TPSA) is 118 Å². The standard InChI is InChI=1S/C18H19N3O5/c1-9-7-12(11(3)25-9)14-8-13(16-10(2)21-26-18(16)20-14)17(24)19-6-4-5-15(22)23/h7-8H,4-6H2,1-3H3,(H,19,24)(H,22,23). The van der Waals surface area contributed by atoms with E-state index in [1.54, 1.807) is 13.0 Å². The van der Waals surface area contributed by atoms with Crippen molar-refractivity contribution in [3.05, 3.63) is 34.9 Å². The Morgan fingerprint density at radius 3 is 2.65 bits per heavy atom. The summed E-state index contributed by atoms with van der Waals surface area (Å²) in [6, 6.07) is 3.53. The number of hydrogen-bond donors (Lipinski definition) is 2. The summed E-state index contributed by atoms with van der Waals surface area (Å²) in [5.74, 6) is 0.216. The van der Waals surface area contributed by atoms with Crippen LogP contribution < -0.4 is 5.32 Å². The molecule has 0 aliphatic heterocycles. The van der Waals surface area contributed by atoms with Crippen LogP contribution in [-0.2, 0) is 4.79 Å². The molecule has 0 aliphatic rings. The van der Waals surface area contributed by atoms with Gasteiger partial charge >= 0.3 is 5.97 Å². The minimum atomic E-state index is -0.895. The van der Waals surface area contributed by atoms with Crippen molar-refractivity contribution in [2.45, 2.75) is 33.6 Å². The lowest BCUT2D eigenvalue weighted by Crippen LogP contribution is -2.25. The molecule has 8 nitrogen and oxygen atoms in total. The molecular weight excluding hydrogens is 338 g/mol. The smallest absolute Gasteiger partial charge is 0.303 e. The molecule has 0 spiro atoms. The number of hydrogen-bond acceptors (Lipinski definition) is 6. The van der Waals surface area contributed by atoms with E-state index in [9.17, 15) is 9.59 Å². The molecular formula is C18H19N3O5. The van der Waals surface area contributed by atoms with Gasteiger partial charge in [0.25, 0.3) is 11.6 Å². The van der Waals surface area contributed by atoms with E-state index in [-0.39, 0.29) is 24.6 Å². The predicted octanol–water partition coefficient (Wildman–Crippen LogP) is 3.00. The monoisotopic (exact) mass is 357 g/mol. The minimum absolute atomic E-state index is 0.00291. The third kappa shape index (κ3) is 3.44. The van der Waals surface area contributed by atoms with Gasteiger partial charge < -0.3 is 19.4 Å². The molecule has 0 aromatic carbocycles. The van der Waals surface area contributed by atoms with E-state index in [4.69, 9.17) is 14.0 Å². The number of carboxylic acid groups (broad SMARTS) is 1.